The molecular formula is C27H21Cl2N5O4. The fourth-order valence-corrected chi connectivity index (χ4v) is 3.28. The number of rotatable bonds is 4. The average Bonchev–Trinajstić information content (AvgIpc) is 2.91. The van der Waals surface area contributed by atoms with Crippen molar-refractivity contribution in [3.05, 3.63) is 107 Å². The second-order valence-corrected chi connectivity index (χ2v) is 8.28. The molecular weight excluding hydrogens is 529 g/mol. The van der Waals surface area contributed by atoms with E-state index in [1.807, 2.05) is 18.2 Å². The number of carbonyl (C=O) groups is 2. The van der Waals surface area contributed by atoms with Gasteiger partial charge in [-0.25, -0.2) is 9.59 Å². The van der Waals surface area contributed by atoms with Gasteiger partial charge < -0.3 is 31.5 Å². The topological polar surface area (TPSA) is 147 Å². The van der Waals surface area contributed by atoms with Crippen LogP contribution in [0.15, 0.2) is 91.0 Å². The van der Waals surface area contributed by atoms with Gasteiger partial charge in [0.05, 0.1) is 28.0 Å². The van der Waals surface area contributed by atoms with Gasteiger partial charge >= 0.3 is 12.1 Å². The van der Waals surface area contributed by atoms with Gasteiger partial charge in [0.25, 0.3) is 0 Å². The smallest absolute Gasteiger partial charge is 0.323 e. The van der Waals surface area contributed by atoms with Gasteiger partial charge in [-0.3, -0.25) is 0 Å². The molecule has 38 heavy (non-hydrogen) atoms. The summed E-state index contributed by atoms with van der Waals surface area (Å²) in [5, 5.41) is 38.5. The highest BCUT2D eigenvalue weighted by molar-refractivity contribution is 6.43. The standard InChI is InChI=1S/C14H11N3O2.C13H10Cl2N2O2/c15-9-10-6-7-12(13(18)8-10)17-14(19)16-11-4-2-1-3-5-11;14-9-6-7-10(12(18)11(9)15)17-13(19)16-8-4-2-1-3-5-8/h1-8,18H,(H2,16,17,19);1-7,18H,(H2,16,17,19). The Hall–Kier alpha value is -4.91. The Kier molecular flexibility index (Phi) is 9.77. The summed E-state index contributed by atoms with van der Waals surface area (Å²) < 4.78 is 0. The fourth-order valence-electron chi connectivity index (χ4n) is 2.96. The lowest BCUT2D eigenvalue weighted by atomic mass is 10.2. The highest BCUT2D eigenvalue weighted by atomic mass is 35.5. The Bertz CT molecular complexity index is 1460. The van der Waals surface area contributed by atoms with Gasteiger partial charge in [-0.05, 0) is 54.6 Å². The lowest BCUT2D eigenvalue weighted by Crippen LogP contribution is -2.19. The molecule has 0 unspecified atom stereocenters. The number of anilines is 4. The van der Waals surface area contributed by atoms with Gasteiger partial charge in [0.2, 0.25) is 0 Å². The van der Waals surface area contributed by atoms with E-state index in [0.717, 1.165) is 0 Å². The maximum Gasteiger partial charge on any atom is 0.323 e. The molecule has 4 amide bonds. The molecule has 6 N–H and O–H groups in total. The molecule has 9 nitrogen and oxygen atoms in total. The molecule has 0 fully saturated rings. The van der Waals surface area contributed by atoms with E-state index in [1.54, 1.807) is 48.5 Å². The van der Waals surface area contributed by atoms with E-state index in [9.17, 15) is 19.8 Å². The molecule has 0 saturated carbocycles. The van der Waals surface area contributed by atoms with Crippen LogP contribution in [-0.4, -0.2) is 22.3 Å². The molecule has 4 aromatic carbocycles. The minimum absolute atomic E-state index is 0.000761. The van der Waals surface area contributed by atoms with Gasteiger partial charge in [-0.15, -0.1) is 0 Å². The lowest BCUT2D eigenvalue weighted by Gasteiger charge is -2.10. The van der Waals surface area contributed by atoms with Crippen LogP contribution in [0.3, 0.4) is 0 Å². The number of aromatic hydroxyl groups is 2. The van der Waals surface area contributed by atoms with Crippen LogP contribution in [-0.2, 0) is 0 Å². The normalized spacial score (nSPS) is 9.71. The average molecular weight is 550 g/mol. The van der Waals surface area contributed by atoms with E-state index >= 15 is 0 Å². The summed E-state index contributed by atoms with van der Waals surface area (Å²) in [5.74, 6) is -0.417. The summed E-state index contributed by atoms with van der Waals surface area (Å²) in [7, 11) is 0. The van der Waals surface area contributed by atoms with Crippen molar-refractivity contribution in [2.75, 3.05) is 21.3 Å². The molecule has 0 spiro atoms. The van der Waals surface area contributed by atoms with Crippen molar-refractivity contribution in [1.29, 1.82) is 5.26 Å². The Labute approximate surface area is 228 Å². The number of nitriles is 1. The highest BCUT2D eigenvalue weighted by Gasteiger charge is 2.12. The third-order valence-electron chi connectivity index (χ3n) is 4.76. The first kappa shape index (κ1) is 27.7. The zero-order chi connectivity index (χ0) is 27.5. The van der Waals surface area contributed by atoms with Crippen molar-refractivity contribution in [1.82, 2.24) is 0 Å². The molecule has 0 heterocycles. The summed E-state index contributed by atoms with van der Waals surface area (Å²) >= 11 is 11.5. The molecule has 0 radical (unpaired) electrons. The largest absolute Gasteiger partial charge is 0.506 e. The van der Waals surface area contributed by atoms with E-state index in [2.05, 4.69) is 21.3 Å². The summed E-state index contributed by atoms with van der Waals surface area (Å²) in [6.45, 7) is 0. The SMILES string of the molecule is N#Cc1ccc(NC(=O)Nc2ccccc2)c(O)c1.O=C(Nc1ccccc1)Nc1ccc(Cl)c(Cl)c1O. The van der Waals surface area contributed by atoms with Gasteiger partial charge in [-0.1, -0.05) is 59.6 Å². The van der Waals surface area contributed by atoms with Crippen LogP contribution < -0.4 is 21.3 Å². The number of halogens is 2. The number of phenolic OH excluding ortho intramolecular Hbond substituents is 2. The number of para-hydroxylation sites is 2. The summed E-state index contributed by atoms with van der Waals surface area (Å²) in [5.41, 5.74) is 2.04. The van der Waals surface area contributed by atoms with Crippen molar-refractivity contribution < 1.29 is 19.8 Å². The summed E-state index contributed by atoms with van der Waals surface area (Å²) in [6.07, 6.45) is 0. The van der Waals surface area contributed by atoms with Crippen molar-refractivity contribution in [3.63, 3.8) is 0 Å². The zero-order valence-corrected chi connectivity index (χ0v) is 21.1. The van der Waals surface area contributed by atoms with Gasteiger partial charge in [0, 0.05) is 11.4 Å². The molecule has 11 heteroatoms. The molecule has 4 aromatic rings. The molecule has 0 atom stereocenters. The van der Waals surface area contributed by atoms with Crippen molar-refractivity contribution >= 4 is 58.0 Å². The number of nitrogens with zero attached hydrogens (tertiary/aromatic N) is 1. The molecule has 0 aromatic heterocycles. The van der Waals surface area contributed by atoms with Crippen molar-refractivity contribution in [2.45, 2.75) is 0 Å². The van der Waals surface area contributed by atoms with E-state index in [1.165, 1.54) is 30.3 Å². The highest BCUT2D eigenvalue weighted by Crippen LogP contribution is 2.37. The first-order valence-electron chi connectivity index (χ1n) is 10.9. The number of urea groups is 2. The Morgan fingerprint density at radius 1 is 0.684 bits per heavy atom. The minimum atomic E-state index is -0.486. The predicted molar refractivity (Wildman–Crippen MR) is 149 cm³/mol. The van der Waals surface area contributed by atoms with Crippen molar-refractivity contribution in [3.8, 4) is 17.6 Å². The number of benzene rings is 4. The molecule has 0 bridgehead atoms. The Morgan fingerprint density at radius 2 is 1.18 bits per heavy atom. The number of hydrogen-bond donors (Lipinski definition) is 6. The first-order chi connectivity index (χ1) is 18.3. The Morgan fingerprint density at radius 3 is 1.68 bits per heavy atom. The summed E-state index contributed by atoms with van der Waals surface area (Å²) in [4.78, 5) is 23.4. The Balaban J connectivity index is 0.000000211. The number of hydrogen-bond acceptors (Lipinski definition) is 5. The minimum Gasteiger partial charge on any atom is -0.506 e. The van der Waals surface area contributed by atoms with Crippen LogP contribution in [0.5, 0.6) is 11.5 Å². The number of amides is 4. The quantitative estimate of drug-likeness (QED) is 0.148. The van der Waals surface area contributed by atoms with Crippen LogP contribution in [0, 0.1) is 11.3 Å². The van der Waals surface area contributed by atoms with Gasteiger partial charge in [0.1, 0.15) is 10.8 Å². The number of phenols is 2. The zero-order valence-electron chi connectivity index (χ0n) is 19.6. The molecule has 0 saturated heterocycles. The number of nitrogens with one attached hydrogen (secondary N) is 4. The van der Waals surface area contributed by atoms with Gasteiger partial charge in [0.15, 0.2) is 5.75 Å². The first-order valence-corrected chi connectivity index (χ1v) is 11.7. The predicted octanol–water partition coefficient (Wildman–Crippen LogP) is 7.25. The lowest BCUT2D eigenvalue weighted by molar-refractivity contribution is 0.261. The van der Waals surface area contributed by atoms with Crippen LogP contribution in [0.2, 0.25) is 10.0 Å². The molecule has 0 aliphatic carbocycles. The van der Waals surface area contributed by atoms with Crippen LogP contribution in [0.25, 0.3) is 0 Å². The maximum absolute atomic E-state index is 11.7. The van der Waals surface area contributed by atoms with E-state index < -0.39 is 12.1 Å². The second-order valence-electron chi connectivity index (χ2n) is 7.49. The van der Waals surface area contributed by atoms with E-state index in [-0.39, 0.29) is 32.9 Å². The monoisotopic (exact) mass is 549 g/mol. The molecule has 192 valence electrons. The molecule has 0 aliphatic rings. The third-order valence-corrected chi connectivity index (χ3v) is 5.55. The van der Waals surface area contributed by atoms with E-state index in [0.29, 0.717) is 16.9 Å². The van der Waals surface area contributed by atoms with Gasteiger partial charge in [-0.2, -0.15) is 5.26 Å². The molecule has 0 aliphatic heterocycles. The third kappa shape index (κ3) is 8.06. The summed E-state index contributed by atoms with van der Waals surface area (Å²) in [6, 6.07) is 26.0. The number of carbonyl (C=O) groups excluding carboxylic acids is 2. The molecule has 4 rings (SSSR count). The maximum atomic E-state index is 11.7. The van der Waals surface area contributed by atoms with Crippen LogP contribution in [0.1, 0.15) is 5.56 Å². The second kappa shape index (κ2) is 13.4. The van der Waals surface area contributed by atoms with Crippen LogP contribution in [0.4, 0.5) is 32.3 Å². The fraction of sp³-hybridized carbons (Fsp3) is 0. The van der Waals surface area contributed by atoms with E-state index in [4.69, 9.17) is 28.5 Å². The van der Waals surface area contributed by atoms with Crippen LogP contribution >= 0.6 is 23.2 Å². The van der Waals surface area contributed by atoms with Crippen molar-refractivity contribution in [2.24, 2.45) is 0 Å².